The first-order valence-electron chi connectivity index (χ1n) is 12.0. The molecule has 34 heavy (non-hydrogen) atoms. The van der Waals surface area contributed by atoms with E-state index in [1.807, 2.05) is 48.0 Å². The minimum Gasteiger partial charge on any atom is -0.385 e. The Hall–Kier alpha value is -2.91. The van der Waals surface area contributed by atoms with Crippen LogP contribution in [0, 0.1) is 0 Å². The Labute approximate surface area is 201 Å². The zero-order valence-electron chi connectivity index (χ0n) is 19.7. The third-order valence-electron chi connectivity index (χ3n) is 6.25. The third-order valence-corrected chi connectivity index (χ3v) is 8.15. The molecule has 1 aromatic heterocycles. The zero-order valence-corrected chi connectivity index (χ0v) is 20.5. The summed E-state index contributed by atoms with van der Waals surface area (Å²) in [6, 6.07) is 15.1. The van der Waals surface area contributed by atoms with Gasteiger partial charge in [-0.25, -0.2) is 13.4 Å². The Bertz CT molecular complexity index is 1220. The van der Waals surface area contributed by atoms with Gasteiger partial charge in [0.05, 0.1) is 15.9 Å². The number of nitrogens with zero attached hydrogens (tertiary/aromatic N) is 3. The molecule has 0 saturated carbocycles. The van der Waals surface area contributed by atoms with Crippen LogP contribution >= 0.6 is 0 Å². The molecule has 2 aromatic carbocycles. The number of aromatic nitrogens is 2. The van der Waals surface area contributed by atoms with Crippen molar-refractivity contribution in [3.8, 4) is 0 Å². The Kier molecular flexibility index (Phi) is 7.84. The fourth-order valence-corrected chi connectivity index (χ4v) is 5.82. The molecule has 0 spiro atoms. The number of rotatable bonds is 10. The molecular formula is C25H33N5O3S. The molecule has 9 heteroatoms. The summed E-state index contributed by atoms with van der Waals surface area (Å²) in [5, 5.41) is 6.28. The highest BCUT2D eigenvalue weighted by atomic mass is 32.2. The normalized spacial score (nSPS) is 14.9. The van der Waals surface area contributed by atoms with Crippen LogP contribution in [0.3, 0.4) is 0 Å². The molecule has 1 fully saturated rings. The van der Waals surface area contributed by atoms with Crippen molar-refractivity contribution in [1.29, 1.82) is 0 Å². The van der Waals surface area contributed by atoms with Crippen molar-refractivity contribution in [3.63, 3.8) is 0 Å². The molecule has 1 aliphatic rings. The summed E-state index contributed by atoms with van der Waals surface area (Å²) in [6.45, 7) is 2.55. The minimum atomic E-state index is -3.50. The van der Waals surface area contributed by atoms with Gasteiger partial charge in [-0.3, -0.25) is 4.79 Å². The van der Waals surface area contributed by atoms with E-state index in [0.717, 1.165) is 49.3 Å². The van der Waals surface area contributed by atoms with Crippen LogP contribution < -0.4 is 10.6 Å². The van der Waals surface area contributed by atoms with Crippen molar-refractivity contribution in [3.05, 3.63) is 54.4 Å². The van der Waals surface area contributed by atoms with Crippen LogP contribution in [0.1, 0.15) is 37.9 Å². The van der Waals surface area contributed by atoms with Crippen LogP contribution in [0.2, 0.25) is 0 Å². The summed E-state index contributed by atoms with van der Waals surface area (Å²) in [4.78, 5) is 17.2. The number of hydrogen-bond acceptors (Lipinski definition) is 5. The van der Waals surface area contributed by atoms with Gasteiger partial charge in [0.1, 0.15) is 5.82 Å². The molecular weight excluding hydrogens is 450 g/mol. The predicted molar refractivity (Wildman–Crippen MR) is 134 cm³/mol. The number of hydrogen-bond donors (Lipinski definition) is 2. The lowest BCUT2D eigenvalue weighted by molar-refractivity contribution is -0.121. The highest BCUT2D eigenvalue weighted by Gasteiger charge is 2.26. The van der Waals surface area contributed by atoms with Gasteiger partial charge in [0.2, 0.25) is 15.9 Å². The fraction of sp³-hybridized carbons (Fsp3) is 0.440. The molecule has 0 bridgehead atoms. The zero-order chi connectivity index (χ0) is 24.0. The van der Waals surface area contributed by atoms with Crippen LogP contribution in [0.25, 0.3) is 11.0 Å². The van der Waals surface area contributed by atoms with Gasteiger partial charge < -0.3 is 15.2 Å². The van der Waals surface area contributed by atoms with Gasteiger partial charge >= 0.3 is 0 Å². The summed E-state index contributed by atoms with van der Waals surface area (Å²) < 4.78 is 29.5. The summed E-state index contributed by atoms with van der Waals surface area (Å²) in [5.41, 5.74) is 2.57. The summed E-state index contributed by atoms with van der Waals surface area (Å²) >= 11 is 0. The molecule has 0 radical (unpaired) electrons. The van der Waals surface area contributed by atoms with E-state index in [4.69, 9.17) is 0 Å². The van der Waals surface area contributed by atoms with E-state index < -0.39 is 10.0 Å². The summed E-state index contributed by atoms with van der Waals surface area (Å²) in [5.74, 6) is 0.753. The number of piperidine rings is 1. The molecule has 2 heterocycles. The molecule has 3 aromatic rings. The number of carbonyl (C=O) groups excluding carboxylic acids is 1. The monoisotopic (exact) mass is 483 g/mol. The largest absolute Gasteiger partial charge is 0.385 e. The van der Waals surface area contributed by atoms with Crippen LogP contribution in [0.4, 0.5) is 5.69 Å². The number of anilines is 1. The van der Waals surface area contributed by atoms with E-state index in [0.29, 0.717) is 38.0 Å². The fourth-order valence-electron chi connectivity index (χ4n) is 4.29. The number of imidazole rings is 1. The van der Waals surface area contributed by atoms with Gasteiger partial charge in [-0.05, 0) is 49.6 Å². The number of benzene rings is 2. The van der Waals surface area contributed by atoms with Gasteiger partial charge in [-0.2, -0.15) is 4.31 Å². The number of nitrogens with one attached hydrogen (secondary N) is 2. The smallest absolute Gasteiger partial charge is 0.243 e. The van der Waals surface area contributed by atoms with Crippen molar-refractivity contribution in [2.45, 2.75) is 43.4 Å². The second-order valence-electron chi connectivity index (χ2n) is 8.70. The Morgan fingerprint density at radius 1 is 1.03 bits per heavy atom. The lowest BCUT2D eigenvalue weighted by Gasteiger charge is -2.25. The molecule has 8 nitrogen and oxygen atoms in total. The first-order chi connectivity index (χ1) is 16.4. The topological polar surface area (TPSA) is 96.3 Å². The van der Waals surface area contributed by atoms with Gasteiger partial charge in [0.25, 0.3) is 0 Å². The number of sulfonamides is 1. The molecule has 182 valence electrons. The number of aryl methyl sites for hydroxylation is 2. The van der Waals surface area contributed by atoms with Crippen LogP contribution in [0.5, 0.6) is 0 Å². The maximum absolute atomic E-state index is 13.0. The van der Waals surface area contributed by atoms with Crippen molar-refractivity contribution < 1.29 is 13.2 Å². The minimum absolute atomic E-state index is 0.0138. The van der Waals surface area contributed by atoms with Crippen LogP contribution in [-0.2, 0) is 28.3 Å². The van der Waals surface area contributed by atoms with Crippen LogP contribution in [-0.4, -0.2) is 54.4 Å². The highest BCUT2D eigenvalue weighted by molar-refractivity contribution is 7.89. The summed E-state index contributed by atoms with van der Waals surface area (Å²) in [7, 11) is -1.60. The van der Waals surface area contributed by atoms with Gasteiger partial charge in [0, 0.05) is 51.8 Å². The second kappa shape index (κ2) is 11.0. The first kappa shape index (κ1) is 24.2. The van der Waals surface area contributed by atoms with Crippen molar-refractivity contribution in [1.82, 2.24) is 19.2 Å². The van der Waals surface area contributed by atoms with Gasteiger partial charge in [-0.1, -0.05) is 24.6 Å². The molecule has 0 atom stereocenters. The molecule has 1 amide bonds. The molecule has 1 aliphatic heterocycles. The lowest BCUT2D eigenvalue weighted by Crippen LogP contribution is -2.35. The SMILES string of the molecule is Cn1c(CCC(=O)NCCCNc2ccccc2)nc2cc(S(=O)(=O)N3CCCCC3)ccc21. The van der Waals surface area contributed by atoms with E-state index in [2.05, 4.69) is 15.6 Å². The average Bonchev–Trinajstić information content (AvgIpc) is 3.18. The second-order valence-corrected chi connectivity index (χ2v) is 10.6. The van der Waals surface area contributed by atoms with E-state index >= 15 is 0 Å². The average molecular weight is 484 g/mol. The summed E-state index contributed by atoms with van der Waals surface area (Å²) in [6.07, 6.45) is 4.55. The first-order valence-corrected chi connectivity index (χ1v) is 13.4. The number of carbonyl (C=O) groups is 1. The van der Waals surface area contributed by atoms with E-state index in [1.165, 1.54) is 0 Å². The standard InChI is InChI=1S/C25H33N5O3S/c1-29-23-12-11-21(34(32,33)30-17-6-3-7-18-30)19-22(23)28-24(29)13-14-25(31)27-16-8-15-26-20-9-4-2-5-10-20/h2,4-5,9-12,19,26H,3,6-8,13-18H2,1H3,(H,27,31). The van der Waals surface area contributed by atoms with Crippen molar-refractivity contribution >= 4 is 32.7 Å². The Balaban J connectivity index is 1.30. The number of para-hydroxylation sites is 1. The molecule has 1 saturated heterocycles. The third kappa shape index (κ3) is 5.77. The maximum Gasteiger partial charge on any atom is 0.243 e. The van der Waals surface area contributed by atoms with E-state index in [1.54, 1.807) is 16.4 Å². The van der Waals surface area contributed by atoms with Gasteiger partial charge in [-0.15, -0.1) is 0 Å². The molecule has 4 rings (SSSR count). The van der Waals surface area contributed by atoms with E-state index in [9.17, 15) is 13.2 Å². The Morgan fingerprint density at radius 3 is 2.56 bits per heavy atom. The molecule has 0 aliphatic carbocycles. The number of fused-ring (bicyclic) bond motifs is 1. The molecule has 2 N–H and O–H groups in total. The number of amides is 1. The lowest BCUT2D eigenvalue weighted by atomic mass is 10.2. The maximum atomic E-state index is 13.0. The van der Waals surface area contributed by atoms with Crippen molar-refractivity contribution in [2.75, 3.05) is 31.5 Å². The van der Waals surface area contributed by atoms with Gasteiger partial charge in [0.15, 0.2) is 0 Å². The van der Waals surface area contributed by atoms with Crippen LogP contribution in [0.15, 0.2) is 53.4 Å². The quantitative estimate of drug-likeness (QED) is 0.432. The van der Waals surface area contributed by atoms with E-state index in [-0.39, 0.29) is 10.8 Å². The predicted octanol–water partition coefficient (Wildman–Crippen LogP) is 3.30. The Morgan fingerprint density at radius 2 is 1.79 bits per heavy atom. The highest BCUT2D eigenvalue weighted by Crippen LogP contribution is 2.24. The van der Waals surface area contributed by atoms with Crippen molar-refractivity contribution in [2.24, 2.45) is 7.05 Å². The molecule has 0 unspecified atom stereocenters.